The van der Waals surface area contributed by atoms with E-state index in [1.165, 1.54) is 0 Å². The molecule has 0 aliphatic carbocycles. The van der Waals surface area contributed by atoms with E-state index >= 15 is 0 Å². The van der Waals surface area contributed by atoms with Crippen molar-refractivity contribution in [1.29, 1.82) is 0 Å². The number of hydrogen-bond donors (Lipinski definition) is 3. The topological polar surface area (TPSA) is 77.8 Å². The van der Waals surface area contributed by atoms with E-state index in [1.54, 1.807) is 0 Å². The Labute approximate surface area is 154 Å². The Morgan fingerprint density at radius 2 is 0.889 bits per heavy atom. The van der Waals surface area contributed by atoms with Gasteiger partial charge >= 0.3 is 121 Å². The zero-order chi connectivity index (χ0) is 4.50. The second-order valence-corrected chi connectivity index (χ2v) is 1.54. The van der Waals surface area contributed by atoms with Crippen molar-refractivity contribution in [2.24, 2.45) is 0 Å². The van der Waals surface area contributed by atoms with Gasteiger partial charge in [0.05, 0.1) is 0 Å². The number of rotatable bonds is 0. The standard InChI is InChI=1S/Al.3Ca.H3O4P.9H/c;;;;1-5(2,3)4;;;;;;;;;/h;;;;(H3,1,2,3,4);;;;;;;;;. The van der Waals surface area contributed by atoms with Gasteiger partial charge in [-0.2, -0.15) is 0 Å². The van der Waals surface area contributed by atoms with Gasteiger partial charge in [-0.1, -0.05) is 0 Å². The molecule has 0 aromatic carbocycles. The third kappa shape index (κ3) is 69.0. The van der Waals surface area contributed by atoms with Crippen molar-refractivity contribution in [1.82, 2.24) is 0 Å². The van der Waals surface area contributed by atoms with Crippen LogP contribution in [0.15, 0.2) is 0 Å². The van der Waals surface area contributed by atoms with Gasteiger partial charge in [0.15, 0.2) is 17.4 Å². The fourth-order valence-electron chi connectivity index (χ4n) is 0. The van der Waals surface area contributed by atoms with Crippen LogP contribution in [0.3, 0.4) is 0 Å². The molecule has 0 bridgehead atoms. The average molecular weight is 254 g/mol. The molecule has 0 aromatic heterocycles. The molecule has 0 aliphatic rings. The number of phosphoric acid groups is 1. The van der Waals surface area contributed by atoms with E-state index < -0.39 is 7.82 Å². The van der Waals surface area contributed by atoms with Crippen LogP contribution in [0.5, 0.6) is 0 Å². The van der Waals surface area contributed by atoms with Crippen LogP contribution in [0.4, 0.5) is 0 Å². The summed E-state index contributed by atoms with van der Waals surface area (Å²) in [6.07, 6.45) is 0. The SMILES string of the molecule is O=P(O)(O)O.[AlH3].[CaH2].[CaH2].[CaH2]. The Hall–Kier alpha value is 4.42. The van der Waals surface area contributed by atoms with E-state index in [2.05, 4.69) is 0 Å². The van der Waals surface area contributed by atoms with Gasteiger partial charge in [-0.05, 0) is 0 Å². The molecule has 0 aliphatic heterocycles. The molecule has 3 N–H and O–H groups in total. The Kier molecular flexibility index (Phi) is 48.4. The Morgan fingerprint density at radius 1 is 0.889 bits per heavy atom. The van der Waals surface area contributed by atoms with E-state index in [4.69, 9.17) is 19.2 Å². The predicted octanol–water partition coefficient (Wildman–Crippen LogP) is -4.86. The van der Waals surface area contributed by atoms with E-state index in [9.17, 15) is 0 Å². The molecule has 0 heterocycles. The zero-order valence-corrected chi connectivity index (χ0v) is 3.09. The molecule has 0 saturated carbocycles. The molecule has 0 atom stereocenters. The summed E-state index contributed by atoms with van der Waals surface area (Å²) in [7, 11) is -4.64. The van der Waals surface area contributed by atoms with Crippen molar-refractivity contribution in [2.45, 2.75) is 0 Å². The monoisotopic (exact) mass is 254 g/mol. The molecule has 50 valence electrons. The summed E-state index contributed by atoms with van der Waals surface area (Å²) in [6.45, 7) is 0. The van der Waals surface area contributed by atoms with Crippen LogP contribution in [-0.2, 0) is 4.57 Å². The van der Waals surface area contributed by atoms with Crippen LogP contribution in [-0.4, -0.2) is 145 Å². The number of hydrogen-bond acceptors (Lipinski definition) is 1. The van der Waals surface area contributed by atoms with Crippen LogP contribution in [0.25, 0.3) is 0 Å². The van der Waals surface area contributed by atoms with Gasteiger partial charge in [0.1, 0.15) is 0 Å². The summed E-state index contributed by atoms with van der Waals surface area (Å²) in [4.78, 5) is 21.6. The molecule has 0 amide bonds. The van der Waals surface area contributed by atoms with Crippen molar-refractivity contribution in [3.05, 3.63) is 0 Å². The van der Waals surface area contributed by atoms with Crippen molar-refractivity contribution < 1.29 is 19.2 Å². The molecule has 0 unspecified atom stereocenters. The van der Waals surface area contributed by atoms with Crippen LogP contribution < -0.4 is 0 Å². The van der Waals surface area contributed by atoms with Crippen molar-refractivity contribution in [3.8, 4) is 0 Å². The van der Waals surface area contributed by atoms with Gasteiger partial charge in [-0.15, -0.1) is 0 Å². The maximum atomic E-state index is 8.88. The van der Waals surface area contributed by atoms with Crippen LogP contribution in [0.1, 0.15) is 0 Å². The zero-order valence-electron chi connectivity index (χ0n) is 2.20. The molecule has 0 saturated heterocycles. The van der Waals surface area contributed by atoms with Gasteiger partial charge in [-0.3, -0.25) is 0 Å². The summed E-state index contributed by atoms with van der Waals surface area (Å²) in [5.74, 6) is 0. The minimum absolute atomic E-state index is 0. The first-order valence-electron chi connectivity index (χ1n) is 0.783. The summed E-state index contributed by atoms with van der Waals surface area (Å²) in [6, 6.07) is 0. The molecular weight excluding hydrogens is 242 g/mol. The average Bonchev–Trinajstić information content (AvgIpc) is 0.722. The molecule has 9 heavy (non-hydrogen) atoms. The summed E-state index contributed by atoms with van der Waals surface area (Å²) in [5, 5.41) is 0. The maximum absolute atomic E-state index is 8.88. The Morgan fingerprint density at radius 3 is 0.889 bits per heavy atom. The van der Waals surface area contributed by atoms with Crippen molar-refractivity contribution >= 4 is 138 Å². The molecule has 0 spiro atoms. The molecule has 4 nitrogen and oxygen atoms in total. The van der Waals surface area contributed by atoms with Gasteiger partial charge in [-0.25, -0.2) is 4.57 Å². The first-order chi connectivity index (χ1) is 2.00. The van der Waals surface area contributed by atoms with Crippen molar-refractivity contribution in [3.63, 3.8) is 0 Å². The molecule has 0 rings (SSSR count). The van der Waals surface area contributed by atoms with Crippen molar-refractivity contribution in [2.75, 3.05) is 0 Å². The Balaban J connectivity index is -0.0000000133. The minimum atomic E-state index is -4.64. The van der Waals surface area contributed by atoms with Gasteiger partial charge in [0, 0.05) is 0 Å². The first kappa shape index (κ1) is 29.2. The third-order valence-corrected chi connectivity index (χ3v) is 0. The second-order valence-electron chi connectivity index (χ2n) is 0.513. The third-order valence-electron chi connectivity index (χ3n) is 0. The molecule has 9 heteroatoms. The van der Waals surface area contributed by atoms with Crippen LogP contribution in [0.2, 0.25) is 0 Å². The fourth-order valence-corrected chi connectivity index (χ4v) is 0. The van der Waals surface area contributed by atoms with Gasteiger partial charge < -0.3 is 14.7 Å². The van der Waals surface area contributed by atoms with Crippen LogP contribution in [0, 0.1) is 0 Å². The molecule has 0 radical (unpaired) electrons. The first-order valence-corrected chi connectivity index (χ1v) is 2.35. The molecular formula is H12AlCa3O4P. The van der Waals surface area contributed by atoms with E-state index in [1.807, 2.05) is 0 Å². The normalized spacial score (nSPS) is 6.56. The van der Waals surface area contributed by atoms with E-state index in [-0.39, 0.29) is 131 Å². The Bertz CT molecular complexity index is 61.9. The summed E-state index contributed by atoms with van der Waals surface area (Å²) < 4.78 is 8.88. The van der Waals surface area contributed by atoms with E-state index in [0.29, 0.717) is 0 Å². The van der Waals surface area contributed by atoms with Gasteiger partial charge in [0.25, 0.3) is 0 Å². The van der Waals surface area contributed by atoms with E-state index in [0.717, 1.165) is 0 Å². The summed E-state index contributed by atoms with van der Waals surface area (Å²) >= 11 is 0. The fraction of sp³-hybridized carbons (Fsp3) is 0. The quantitative estimate of drug-likeness (QED) is 0.299. The molecule has 0 fully saturated rings. The predicted molar refractivity (Wildman–Crippen MR) is 49.8 cm³/mol. The molecule has 0 aromatic rings. The second kappa shape index (κ2) is 14.9. The summed E-state index contributed by atoms with van der Waals surface area (Å²) in [5.41, 5.74) is 0. The van der Waals surface area contributed by atoms with Crippen LogP contribution >= 0.6 is 7.82 Å². The van der Waals surface area contributed by atoms with Gasteiger partial charge in [0.2, 0.25) is 0 Å².